The van der Waals surface area contributed by atoms with Crippen LogP contribution in [0.3, 0.4) is 0 Å². The summed E-state index contributed by atoms with van der Waals surface area (Å²) < 4.78 is 5.23. The van der Waals surface area contributed by atoms with E-state index in [4.69, 9.17) is 4.74 Å². The molecule has 35 heavy (non-hydrogen) atoms. The van der Waals surface area contributed by atoms with Crippen molar-refractivity contribution in [1.29, 1.82) is 0 Å². The van der Waals surface area contributed by atoms with Crippen LogP contribution >= 0.6 is 0 Å². The van der Waals surface area contributed by atoms with Gasteiger partial charge in [-0.15, -0.1) is 0 Å². The van der Waals surface area contributed by atoms with E-state index in [1.165, 1.54) is 32.4 Å². The number of anilines is 1. The summed E-state index contributed by atoms with van der Waals surface area (Å²) in [7, 11) is 1.67. The molecule has 0 spiro atoms. The first-order valence-corrected chi connectivity index (χ1v) is 12.8. The van der Waals surface area contributed by atoms with Crippen LogP contribution in [0, 0.1) is 0 Å². The summed E-state index contributed by atoms with van der Waals surface area (Å²) in [5, 5.41) is 3.27. The number of hydrogen-bond donors (Lipinski definition) is 1. The fourth-order valence-corrected chi connectivity index (χ4v) is 5.31. The van der Waals surface area contributed by atoms with Crippen molar-refractivity contribution in [2.24, 2.45) is 9.98 Å². The molecule has 0 bridgehead atoms. The number of piperidine rings is 2. The van der Waals surface area contributed by atoms with Crippen LogP contribution in [0.15, 0.2) is 58.5 Å². The number of rotatable bonds is 5. The van der Waals surface area contributed by atoms with Crippen molar-refractivity contribution >= 4 is 23.8 Å². The molecule has 3 heterocycles. The summed E-state index contributed by atoms with van der Waals surface area (Å²) in [5.41, 5.74) is 2.70. The third-order valence-electron chi connectivity index (χ3n) is 7.38. The fraction of sp³-hybridized carbons (Fsp3) is 0.464. The Bertz CT molecular complexity index is 1070. The maximum atomic E-state index is 13.2. The number of carbonyl (C=O) groups excluding carboxylic acids is 1. The normalized spacial score (nSPS) is 21.5. The Morgan fingerprint density at radius 1 is 1.00 bits per heavy atom. The summed E-state index contributed by atoms with van der Waals surface area (Å²) >= 11 is 0. The van der Waals surface area contributed by atoms with E-state index in [0.29, 0.717) is 24.1 Å². The zero-order valence-electron chi connectivity index (χ0n) is 20.5. The highest BCUT2D eigenvalue weighted by Crippen LogP contribution is 2.24. The van der Waals surface area contributed by atoms with Gasteiger partial charge in [-0.25, -0.2) is 4.99 Å². The first-order chi connectivity index (χ1) is 17.2. The number of guanidine groups is 1. The smallest absolute Gasteiger partial charge is 0.253 e. The Hall–Kier alpha value is -3.19. The lowest BCUT2D eigenvalue weighted by Crippen LogP contribution is -2.48. The lowest BCUT2D eigenvalue weighted by atomic mass is 9.99. The monoisotopic (exact) mass is 473 g/mol. The molecule has 7 heteroatoms. The third kappa shape index (κ3) is 5.73. The molecule has 1 N–H and O–H groups in total. The van der Waals surface area contributed by atoms with E-state index in [1.807, 2.05) is 59.6 Å². The van der Waals surface area contributed by atoms with Crippen LogP contribution in [0.1, 0.15) is 53.9 Å². The number of amides is 1. The van der Waals surface area contributed by atoms with Gasteiger partial charge in [0.25, 0.3) is 5.91 Å². The summed E-state index contributed by atoms with van der Waals surface area (Å²) in [6, 6.07) is 16.3. The summed E-state index contributed by atoms with van der Waals surface area (Å²) in [6.45, 7) is 4.74. The number of nitrogens with one attached hydrogen (secondary N) is 1. The van der Waals surface area contributed by atoms with Gasteiger partial charge < -0.3 is 19.9 Å². The average Bonchev–Trinajstić information content (AvgIpc) is 2.94. The number of likely N-dealkylation sites (tertiary alicyclic amines) is 2. The lowest BCUT2D eigenvalue weighted by molar-refractivity contribution is 0.0590. The zero-order chi connectivity index (χ0) is 24.0. The zero-order valence-corrected chi connectivity index (χ0v) is 20.5. The molecule has 3 aliphatic rings. The maximum absolute atomic E-state index is 13.2. The van der Waals surface area contributed by atoms with Crippen LogP contribution in [0.25, 0.3) is 0 Å². The lowest BCUT2D eigenvalue weighted by Gasteiger charge is -2.40. The Kier molecular flexibility index (Phi) is 7.42. The molecular weight excluding hydrogens is 438 g/mol. The first-order valence-electron chi connectivity index (χ1n) is 12.8. The van der Waals surface area contributed by atoms with E-state index in [1.54, 1.807) is 7.11 Å². The quantitative estimate of drug-likeness (QED) is 0.698. The highest BCUT2D eigenvalue weighted by molar-refractivity contribution is 6.02. The topological polar surface area (TPSA) is 69.5 Å². The van der Waals surface area contributed by atoms with Crippen LogP contribution in [0.2, 0.25) is 0 Å². The van der Waals surface area contributed by atoms with E-state index in [2.05, 4.69) is 20.2 Å². The number of hydrogen-bond acceptors (Lipinski definition) is 6. The molecule has 184 valence electrons. The van der Waals surface area contributed by atoms with Crippen molar-refractivity contribution in [3.63, 3.8) is 0 Å². The molecule has 1 amide bonds. The van der Waals surface area contributed by atoms with Gasteiger partial charge in [0.05, 0.1) is 13.7 Å². The predicted molar refractivity (Wildman–Crippen MR) is 141 cm³/mol. The van der Waals surface area contributed by atoms with Gasteiger partial charge in [-0.2, -0.15) is 0 Å². The Morgan fingerprint density at radius 3 is 2.46 bits per heavy atom. The Balaban J connectivity index is 1.15. The van der Waals surface area contributed by atoms with E-state index >= 15 is 0 Å². The van der Waals surface area contributed by atoms with Crippen LogP contribution in [-0.4, -0.2) is 73.8 Å². The molecule has 0 aromatic heterocycles. The predicted octanol–water partition coefficient (Wildman–Crippen LogP) is 4.42. The second kappa shape index (κ2) is 11.0. The molecule has 2 saturated heterocycles. The number of benzene rings is 2. The minimum Gasteiger partial charge on any atom is -0.497 e. The summed E-state index contributed by atoms with van der Waals surface area (Å²) in [5.74, 6) is 1.67. The molecule has 5 rings (SSSR count). The molecule has 2 fully saturated rings. The van der Waals surface area contributed by atoms with Gasteiger partial charge in [-0.1, -0.05) is 24.6 Å². The molecule has 3 aliphatic heterocycles. The van der Waals surface area contributed by atoms with Gasteiger partial charge in [-0.3, -0.25) is 9.79 Å². The minimum atomic E-state index is 0.111. The van der Waals surface area contributed by atoms with Crippen molar-refractivity contribution in [3.05, 3.63) is 59.7 Å². The van der Waals surface area contributed by atoms with Gasteiger partial charge in [-0.05, 0) is 74.7 Å². The second-order valence-electron chi connectivity index (χ2n) is 9.65. The molecule has 1 unspecified atom stereocenters. The molecule has 0 aliphatic carbocycles. The van der Waals surface area contributed by atoms with Crippen molar-refractivity contribution in [2.45, 2.75) is 44.1 Å². The summed E-state index contributed by atoms with van der Waals surface area (Å²) in [4.78, 5) is 27.0. The van der Waals surface area contributed by atoms with Gasteiger partial charge >= 0.3 is 0 Å². The van der Waals surface area contributed by atoms with E-state index in [9.17, 15) is 4.79 Å². The maximum Gasteiger partial charge on any atom is 0.253 e. The number of methoxy groups -OCH3 is 1. The summed E-state index contributed by atoms with van der Waals surface area (Å²) in [6.07, 6.45) is 8.07. The van der Waals surface area contributed by atoms with Gasteiger partial charge in [0, 0.05) is 42.5 Å². The third-order valence-corrected chi connectivity index (χ3v) is 7.38. The number of ether oxygens (including phenoxy) is 1. The van der Waals surface area contributed by atoms with Crippen molar-refractivity contribution in [2.75, 3.05) is 45.2 Å². The van der Waals surface area contributed by atoms with Gasteiger partial charge in [0.2, 0.25) is 5.96 Å². The molecule has 7 nitrogen and oxygen atoms in total. The van der Waals surface area contributed by atoms with Crippen LogP contribution in [0.5, 0.6) is 5.75 Å². The van der Waals surface area contributed by atoms with Crippen LogP contribution in [-0.2, 0) is 0 Å². The highest BCUT2D eigenvalue weighted by atomic mass is 16.5. The highest BCUT2D eigenvalue weighted by Gasteiger charge is 2.28. The van der Waals surface area contributed by atoms with Crippen molar-refractivity contribution in [3.8, 4) is 5.75 Å². The molecule has 2 aromatic rings. The molecule has 2 aromatic carbocycles. The van der Waals surface area contributed by atoms with E-state index in [0.717, 1.165) is 42.9 Å². The molecule has 0 saturated carbocycles. The molecular formula is C28H35N5O2. The second-order valence-corrected chi connectivity index (χ2v) is 9.65. The standard InChI is InChI=1S/C28H35N5O2/c1-35-26-10-8-21(9-11-26)23-19-29-28(30-20-23)31-24-7-5-6-22(18-24)27(34)33-16-12-25(13-17-33)32-14-3-2-4-15-32/h5-11,18-19,23,25H,2-4,12-17,20H2,1H3,(H,30,31). The Labute approximate surface area is 207 Å². The number of aliphatic imine (C=N–C) groups is 2. The minimum absolute atomic E-state index is 0.111. The van der Waals surface area contributed by atoms with Crippen LogP contribution in [0.4, 0.5) is 5.69 Å². The van der Waals surface area contributed by atoms with Crippen molar-refractivity contribution in [1.82, 2.24) is 9.80 Å². The van der Waals surface area contributed by atoms with Crippen molar-refractivity contribution < 1.29 is 9.53 Å². The molecule has 1 atom stereocenters. The fourth-order valence-electron chi connectivity index (χ4n) is 5.31. The largest absolute Gasteiger partial charge is 0.497 e. The molecule has 0 radical (unpaired) electrons. The average molecular weight is 474 g/mol. The SMILES string of the molecule is COc1ccc(C2C=NC(Nc3cccc(C(=O)N4CCC(N5CCCCC5)CC4)c3)=NC2)cc1. The Morgan fingerprint density at radius 2 is 1.77 bits per heavy atom. The van der Waals surface area contributed by atoms with E-state index < -0.39 is 0 Å². The first kappa shape index (κ1) is 23.5. The number of carbonyl (C=O) groups is 1. The van der Waals surface area contributed by atoms with E-state index in [-0.39, 0.29) is 11.8 Å². The van der Waals surface area contributed by atoms with Gasteiger partial charge in [0.15, 0.2) is 0 Å². The van der Waals surface area contributed by atoms with Crippen LogP contribution < -0.4 is 10.1 Å². The number of nitrogens with zero attached hydrogens (tertiary/aromatic N) is 4. The van der Waals surface area contributed by atoms with Gasteiger partial charge in [0.1, 0.15) is 5.75 Å².